The average Bonchev–Trinajstić information content (AvgIpc) is 3.28. The molecule has 24 heavy (non-hydrogen) atoms. The maximum absolute atomic E-state index is 5.63. The maximum Gasteiger partial charge on any atom is 0.187 e. The second-order valence-electron chi connectivity index (χ2n) is 6.51. The molecule has 1 saturated carbocycles. The molecule has 1 aromatic heterocycles. The van der Waals surface area contributed by atoms with Crippen molar-refractivity contribution in [2.45, 2.75) is 25.3 Å². The minimum Gasteiger partial charge on any atom is -0.493 e. The van der Waals surface area contributed by atoms with Crippen molar-refractivity contribution in [2.75, 3.05) is 38.9 Å². The number of aromatic nitrogens is 2. The summed E-state index contributed by atoms with van der Waals surface area (Å²) < 4.78 is 16.6. The van der Waals surface area contributed by atoms with Crippen LogP contribution in [0.4, 0.5) is 5.82 Å². The summed E-state index contributed by atoms with van der Waals surface area (Å²) >= 11 is 0. The first kappa shape index (κ1) is 15.4. The zero-order chi connectivity index (χ0) is 16.5. The molecule has 1 aromatic carbocycles. The smallest absolute Gasteiger partial charge is 0.187 e. The molecule has 1 aliphatic heterocycles. The van der Waals surface area contributed by atoms with Crippen LogP contribution in [0.1, 0.15) is 19.3 Å². The van der Waals surface area contributed by atoms with Crippen LogP contribution in [0.25, 0.3) is 10.9 Å². The van der Waals surface area contributed by atoms with Crippen LogP contribution >= 0.6 is 0 Å². The van der Waals surface area contributed by atoms with Gasteiger partial charge in [-0.3, -0.25) is 0 Å². The van der Waals surface area contributed by atoms with E-state index >= 15 is 0 Å². The van der Waals surface area contributed by atoms with Gasteiger partial charge in [0.25, 0.3) is 0 Å². The van der Waals surface area contributed by atoms with Crippen LogP contribution in [0.5, 0.6) is 11.5 Å². The Bertz CT molecular complexity index is 727. The van der Waals surface area contributed by atoms with E-state index in [9.17, 15) is 0 Å². The number of hydrogen-bond donors (Lipinski definition) is 0. The number of ether oxygens (including phenoxy) is 3. The Hall–Kier alpha value is -2.08. The van der Waals surface area contributed by atoms with Crippen molar-refractivity contribution in [3.05, 3.63) is 18.5 Å². The largest absolute Gasteiger partial charge is 0.493 e. The highest BCUT2D eigenvalue weighted by molar-refractivity contribution is 5.95. The molecular formula is C18H23N3O3. The molecule has 1 aliphatic carbocycles. The number of benzene rings is 1. The molecule has 2 aromatic rings. The van der Waals surface area contributed by atoms with Gasteiger partial charge in [0, 0.05) is 18.5 Å². The summed E-state index contributed by atoms with van der Waals surface area (Å²) in [6, 6.07) is 4.34. The van der Waals surface area contributed by atoms with E-state index in [4.69, 9.17) is 14.2 Å². The molecule has 6 heteroatoms. The number of fused-ring (bicyclic) bond motifs is 1. The first-order chi connectivity index (χ1) is 11.8. The summed E-state index contributed by atoms with van der Waals surface area (Å²) in [5, 5.41) is 1.00. The van der Waals surface area contributed by atoms with Gasteiger partial charge in [-0.2, -0.15) is 0 Å². The molecule has 2 fully saturated rings. The molecule has 128 valence electrons. The molecule has 2 heterocycles. The molecule has 0 amide bonds. The van der Waals surface area contributed by atoms with E-state index in [1.165, 1.54) is 12.8 Å². The van der Waals surface area contributed by atoms with Gasteiger partial charge in [-0.25, -0.2) is 9.97 Å². The van der Waals surface area contributed by atoms with Gasteiger partial charge in [0.2, 0.25) is 0 Å². The van der Waals surface area contributed by atoms with Crippen LogP contribution < -0.4 is 14.4 Å². The van der Waals surface area contributed by atoms with Crippen molar-refractivity contribution in [2.24, 2.45) is 5.92 Å². The van der Waals surface area contributed by atoms with Gasteiger partial charge in [0.15, 0.2) is 11.5 Å². The lowest BCUT2D eigenvalue weighted by molar-refractivity contribution is 0.193. The number of methoxy groups -OCH3 is 2. The Morgan fingerprint density at radius 3 is 2.71 bits per heavy atom. The summed E-state index contributed by atoms with van der Waals surface area (Å²) in [4.78, 5) is 11.5. The number of hydrogen-bond acceptors (Lipinski definition) is 6. The fourth-order valence-electron chi connectivity index (χ4n) is 3.41. The standard InChI is InChI=1S/C18H23N3O3/c1-22-15-6-5-14-16(17(15)23-2)19-11-20-18(14)21(9-12-3-4-12)13-7-8-24-10-13/h5-6,11-13H,3-4,7-10H2,1-2H3. The minimum absolute atomic E-state index is 0.386. The van der Waals surface area contributed by atoms with Crippen molar-refractivity contribution in [3.63, 3.8) is 0 Å². The van der Waals surface area contributed by atoms with E-state index in [1.807, 2.05) is 12.1 Å². The second kappa shape index (κ2) is 6.43. The Balaban J connectivity index is 1.81. The van der Waals surface area contributed by atoms with Crippen molar-refractivity contribution in [1.82, 2.24) is 9.97 Å². The molecule has 0 N–H and O–H groups in total. The Morgan fingerprint density at radius 2 is 2.04 bits per heavy atom. The van der Waals surface area contributed by atoms with E-state index in [1.54, 1.807) is 20.5 Å². The maximum atomic E-state index is 5.63. The number of nitrogens with zero attached hydrogens (tertiary/aromatic N) is 3. The van der Waals surface area contributed by atoms with Crippen molar-refractivity contribution in [3.8, 4) is 11.5 Å². The normalized spacial score (nSPS) is 20.3. The third-order valence-corrected chi connectivity index (χ3v) is 4.90. The topological polar surface area (TPSA) is 56.7 Å². The lowest BCUT2D eigenvalue weighted by Gasteiger charge is -2.30. The fraction of sp³-hybridized carbons (Fsp3) is 0.556. The van der Waals surface area contributed by atoms with Gasteiger partial charge in [0.1, 0.15) is 17.7 Å². The van der Waals surface area contributed by atoms with E-state index < -0.39 is 0 Å². The second-order valence-corrected chi connectivity index (χ2v) is 6.51. The zero-order valence-corrected chi connectivity index (χ0v) is 14.2. The summed E-state index contributed by atoms with van der Waals surface area (Å²) in [6.45, 7) is 2.63. The van der Waals surface area contributed by atoms with Crippen molar-refractivity contribution < 1.29 is 14.2 Å². The van der Waals surface area contributed by atoms with Gasteiger partial charge in [-0.05, 0) is 37.3 Å². The summed E-state index contributed by atoms with van der Waals surface area (Å²) in [5.74, 6) is 3.10. The van der Waals surface area contributed by atoms with Gasteiger partial charge < -0.3 is 19.1 Å². The highest BCUT2D eigenvalue weighted by Crippen LogP contribution is 2.39. The molecule has 6 nitrogen and oxygen atoms in total. The third kappa shape index (κ3) is 2.75. The van der Waals surface area contributed by atoms with Gasteiger partial charge >= 0.3 is 0 Å². The fourth-order valence-corrected chi connectivity index (χ4v) is 3.41. The Kier molecular flexibility index (Phi) is 4.14. The molecule has 1 saturated heterocycles. The van der Waals surface area contributed by atoms with Gasteiger partial charge in [-0.1, -0.05) is 0 Å². The number of anilines is 1. The first-order valence-corrected chi connectivity index (χ1v) is 8.52. The van der Waals surface area contributed by atoms with Crippen LogP contribution in [-0.4, -0.2) is 50.0 Å². The predicted octanol–water partition coefficient (Wildman–Crippen LogP) is 2.65. The average molecular weight is 329 g/mol. The van der Waals surface area contributed by atoms with E-state index in [-0.39, 0.29) is 0 Å². The number of rotatable bonds is 6. The molecular weight excluding hydrogens is 306 g/mol. The Morgan fingerprint density at radius 1 is 1.17 bits per heavy atom. The zero-order valence-electron chi connectivity index (χ0n) is 14.2. The summed E-state index contributed by atoms with van der Waals surface area (Å²) in [5.41, 5.74) is 0.793. The van der Waals surface area contributed by atoms with Crippen LogP contribution in [0.2, 0.25) is 0 Å². The molecule has 4 rings (SSSR count). The van der Waals surface area contributed by atoms with E-state index in [2.05, 4.69) is 14.9 Å². The first-order valence-electron chi connectivity index (χ1n) is 8.52. The summed E-state index contributed by atoms with van der Waals surface area (Å²) in [7, 11) is 3.28. The predicted molar refractivity (Wildman–Crippen MR) is 91.9 cm³/mol. The highest BCUT2D eigenvalue weighted by Gasteiger charge is 2.32. The molecule has 2 aliphatic rings. The SMILES string of the molecule is COc1ccc2c(N(CC3CC3)C3CCOC3)ncnc2c1OC. The Labute approximate surface area is 141 Å². The molecule has 0 spiro atoms. The van der Waals surface area contributed by atoms with Gasteiger partial charge in [-0.15, -0.1) is 0 Å². The van der Waals surface area contributed by atoms with Crippen LogP contribution in [-0.2, 0) is 4.74 Å². The van der Waals surface area contributed by atoms with Gasteiger partial charge in [0.05, 0.1) is 26.9 Å². The van der Waals surface area contributed by atoms with E-state index in [0.29, 0.717) is 17.5 Å². The lowest BCUT2D eigenvalue weighted by atomic mass is 10.1. The van der Waals surface area contributed by atoms with Crippen LogP contribution in [0.3, 0.4) is 0 Å². The van der Waals surface area contributed by atoms with Crippen LogP contribution in [0.15, 0.2) is 18.5 Å². The molecule has 1 atom stereocenters. The monoisotopic (exact) mass is 329 g/mol. The highest BCUT2D eigenvalue weighted by atomic mass is 16.5. The molecule has 0 radical (unpaired) electrons. The third-order valence-electron chi connectivity index (χ3n) is 4.90. The van der Waals surface area contributed by atoms with E-state index in [0.717, 1.165) is 48.8 Å². The molecule has 0 bridgehead atoms. The summed E-state index contributed by atoms with van der Waals surface area (Å²) in [6.07, 6.45) is 5.29. The van der Waals surface area contributed by atoms with Crippen molar-refractivity contribution >= 4 is 16.7 Å². The molecule has 1 unspecified atom stereocenters. The quantitative estimate of drug-likeness (QED) is 0.812. The van der Waals surface area contributed by atoms with Crippen molar-refractivity contribution in [1.29, 1.82) is 0 Å². The minimum atomic E-state index is 0.386. The lowest BCUT2D eigenvalue weighted by Crippen LogP contribution is -2.38. The van der Waals surface area contributed by atoms with Crippen LogP contribution in [0, 0.1) is 5.92 Å².